The summed E-state index contributed by atoms with van der Waals surface area (Å²) in [5.74, 6) is 0.594. The standard InChI is InChI=1S/C20H15F3N8O/c21-20(22,23)13-3-1-2-12(28-13)16-30-17-15(25-9-26-17)18(31-16)27-11-6-7-24-14(8-11)29-19(32)10-4-5-10/h1-3,6-10H,4-5H2,(H3,24,25,26,27,29,30,31,32). The van der Waals surface area contributed by atoms with Crippen LogP contribution in [0, 0.1) is 5.92 Å². The summed E-state index contributed by atoms with van der Waals surface area (Å²) in [7, 11) is 0. The Morgan fingerprint density at radius 2 is 1.94 bits per heavy atom. The number of aromatic amines is 1. The summed E-state index contributed by atoms with van der Waals surface area (Å²) in [6.07, 6.45) is 0.0722. The van der Waals surface area contributed by atoms with Gasteiger partial charge < -0.3 is 15.6 Å². The number of H-pyrrole nitrogens is 1. The number of carbonyl (C=O) groups is 1. The number of carbonyl (C=O) groups excluding carboxylic acids is 1. The van der Waals surface area contributed by atoms with Crippen LogP contribution in [0.3, 0.4) is 0 Å². The van der Waals surface area contributed by atoms with Gasteiger partial charge >= 0.3 is 6.18 Å². The second kappa shape index (κ2) is 7.55. The van der Waals surface area contributed by atoms with E-state index < -0.39 is 11.9 Å². The van der Waals surface area contributed by atoms with Crippen LogP contribution in [0.2, 0.25) is 0 Å². The average molecular weight is 440 g/mol. The molecule has 0 radical (unpaired) electrons. The van der Waals surface area contributed by atoms with Crippen molar-refractivity contribution >= 4 is 34.4 Å². The fourth-order valence-corrected chi connectivity index (χ4v) is 3.04. The maximum absolute atomic E-state index is 13.1. The quantitative estimate of drug-likeness (QED) is 0.430. The highest BCUT2D eigenvalue weighted by atomic mass is 19.4. The molecule has 4 aromatic rings. The fraction of sp³-hybridized carbons (Fsp3) is 0.200. The van der Waals surface area contributed by atoms with E-state index in [0.717, 1.165) is 18.9 Å². The molecule has 1 amide bonds. The highest BCUT2D eigenvalue weighted by Gasteiger charge is 2.33. The summed E-state index contributed by atoms with van der Waals surface area (Å²) in [5.41, 5.74) is 0.193. The number of rotatable bonds is 5. The van der Waals surface area contributed by atoms with Gasteiger partial charge in [-0.3, -0.25) is 4.79 Å². The monoisotopic (exact) mass is 440 g/mol. The molecule has 4 aromatic heterocycles. The summed E-state index contributed by atoms with van der Waals surface area (Å²) in [6.45, 7) is 0. The maximum Gasteiger partial charge on any atom is 0.433 e. The first kappa shape index (κ1) is 19.8. The number of alkyl halides is 3. The number of amides is 1. The summed E-state index contributed by atoms with van der Waals surface area (Å²) < 4.78 is 39.2. The van der Waals surface area contributed by atoms with Crippen molar-refractivity contribution in [3.8, 4) is 11.5 Å². The number of hydrogen-bond donors (Lipinski definition) is 3. The summed E-state index contributed by atoms with van der Waals surface area (Å²) in [4.78, 5) is 35.4. The lowest BCUT2D eigenvalue weighted by Crippen LogP contribution is -2.14. The van der Waals surface area contributed by atoms with Gasteiger partial charge in [0.1, 0.15) is 22.7 Å². The predicted octanol–water partition coefficient (Wildman–Crippen LogP) is 3.92. The molecule has 4 heterocycles. The summed E-state index contributed by atoms with van der Waals surface area (Å²) in [6, 6.07) is 6.81. The lowest BCUT2D eigenvalue weighted by molar-refractivity contribution is -0.141. The molecule has 1 fully saturated rings. The molecule has 0 unspecified atom stereocenters. The Morgan fingerprint density at radius 3 is 2.72 bits per heavy atom. The number of nitrogens with one attached hydrogen (secondary N) is 3. The first-order chi connectivity index (χ1) is 15.4. The van der Waals surface area contributed by atoms with Gasteiger partial charge in [0.25, 0.3) is 0 Å². The molecule has 9 nitrogen and oxygen atoms in total. The number of pyridine rings is 2. The number of fused-ring (bicyclic) bond motifs is 1. The van der Waals surface area contributed by atoms with Gasteiger partial charge in [0.15, 0.2) is 17.3 Å². The average Bonchev–Trinajstić information content (AvgIpc) is 3.51. The van der Waals surface area contributed by atoms with E-state index in [1.165, 1.54) is 24.7 Å². The van der Waals surface area contributed by atoms with Crippen molar-refractivity contribution in [3.63, 3.8) is 0 Å². The Morgan fingerprint density at radius 1 is 1.09 bits per heavy atom. The van der Waals surface area contributed by atoms with Gasteiger partial charge in [0, 0.05) is 23.9 Å². The Hall–Kier alpha value is -4.09. The van der Waals surface area contributed by atoms with Crippen LogP contribution >= 0.6 is 0 Å². The van der Waals surface area contributed by atoms with E-state index in [2.05, 4.69) is 40.5 Å². The summed E-state index contributed by atoms with van der Waals surface area (Å²) in [5, 5.41) is 5.84. The largest absolute Gasteiger partial charge is 0.433 e. The molecule has 0 aliphatic heterocycles. The maximum atomic E-state index is 13.1. The lowest BCUT2D eigenvalue weighted by atomic mass is 10.2. The molecule has 0 spiro atoms. The van der Waals surface area contributed by atoms with Crippen molar-refractivity contribution in [2.24, 2.45) is 5.92 Å². The second-order valence-electron chi connectivity index (χ2n) is 7.22. The van der Waals surface area contributed by atoms with E-state index in [4.69, 9.17) is 0 Å². The van der Waals surface area contributed by atoms with Crippen LogP contribution in [0.1, 0.15) is 18.5 Å². The third-order valence-corrected chi connectivity index (χ3v) is 4.78. The molecular formula is C20H15F3N8O. The Balaban J connectivity index is 1.49. The van der Waals surface area contributed by atoms with Crippen molar-refractivity contribution < 1.29 is 18.0 Å². The van der Waals surface area contributed by atoms with Crippen molar-refractivity contribution in [2.75, 3.05) is 10.6 Å². The van der Waals surface area contributed by atoms with Crippen LogP contribution in [0.15, 0.2) is 42.9 Å². The first-order valence-electron chi connectivity index (χ1n) is 9.66. The molecule has 32 heavy (non-hydrogen) atoms. The highest BCUT2D eigenvalue weighted by molar-refractivity contribution is 5.94. The number of aromatic nitrogens is 6. The first-order valence-corrected chi connectivity index (χ1v) is 9.66. The third kappa shape index (κ3) is 4.06. The molecule has 162 valence electrons. The smallest absolute Gasteiger partial charge is 0.340 e. The molecule has 0 bridgehead atoms. The Labute approximate surface area is 178 Å². The van der Waals surface area contributed by atoms with Crippen molar-refractivity contribution in [2.45, 2.75) is 19.0 Å². The molecule has 0 atom stereocenters. The van der Waals surface area contributed by atoms with Gasteiger partial charge in [-0.05, 0) is 31.0 Å². The van der Waals surface area contributed by atoms with Crippen LogP contribution in [0.5, 0.6) is 0 Å². The minimum absolute atomic E-state index is 0.0190. The van der Waals surface area contributed by atoms with Crippen LogP contribution in [0.4, 0.5) is 30.5 Å². The molecule has 3 N–H and O–H groups in total. The second-order valence-corrected chi connectivity index (χ2v) is 7.22. The van der Waals surface area contributed by atoms with Crippen LogP contribution < -0.4 is 10.6 Å². The van der Waals surface area contributed by atoms with Crippen LogP contribution in [-0.4, -0.2) is 35.8 Å². The van der Waals surface area contributed by atoms with Crippen LogP contribution in [-0.2, 0) is 11.0 Å². The van der Waals surface area contributed by atoms with E-state index in [0.29, 0.717) is 17.0 Å². The summed E-state index contributed by atoms with van der Waals surface area (Å²) >= 11 is 0. The van der Waals surface area contributed by atoms with Gasteiger partial charge in [-0.1, -0.05) is 6.07 Å². The number of hydrogen-bond acceptors (Lipinski definition) is 7. The highest BCUT2D eigenvalue weighted by Crippen LogP contribution is 2.31. The van der Waals surface area contributed by atoms with Gasteiger partial charge in [0.05, 0.1) is 6.33 Å². The minimum Gasteiger partial charge on any atom is -0.340 e. The zero-order valence-electron chi connectivity index (χ0n) is 16.3. The van der Waals surface area contributed by atoms with Gasteiger partial charge in [-0.2, -0.15) is 13.2 Å². The SMILES string of the molecule is O=C(Nc1cc(Nc2nc(-c3cccc(C(F)(F)F)n3)nc3nc[nH]c23)ccn1)C1CC1. The van der Waals surface area contributed by atoms with Crippen molar-refractivity contribution in [1.82, 2.24) is 29.9 Å². The number of halogens is 3. The molecule has 0 aromatic carbocycles. The van der Waals surface area contributed by atoms with Crippen LogP contribution in [0.25, 0.3) is 22.7 Å². The van der Waals surface area contributed by atoms with E-state index in [1.54, 1.807) is 12.1 Å². The zero-order chi connectivity index (χ0) is 22.3. The van der Waals surface area contributed by atoms with Crippen molar-refractivity contribution in [1.29, 1.82) is 0 Å². The molecular weight excluding hydrogens is 425 g/mol. The van der Waals surface area contributed by atoms with Crippen molar-refractivity contribution in [3.05, 3.63) is 48.5 Å². The van der Waals surface area contributed by atoms with E-state index in [1.807, 2.05) is 0 Å². The number of nitrogens with zero attached hydrogens (tertiary/aromatic N) is 5. The number of imidazole rings is 1. The number of anilines is 3. The minimum atomic E-state index is -4.59. The molecule has 0 saturated heterocycles. The van der Waals surface area contributed by atoms with E-state index in [-0.39, 0.29) is 34.8 Å². The van der Waals surface area contributed by atoms with Gasteiger partial charge in [-0.15, -0.1) is 0 Å². The van der Waals surface area contributed by atoms with Gasteiger partial charge in [-0.25, -0.2) is 24.9 Å². The molecule has 12 heteroatoms. The van der Waals surface area contributed by atoms with Gasteiger partial charge in [0.2, 0.25) is 5.91 Å². The molecule has 5 rings (SSSR count). The Kier molecular flexibility index (Phi) is 4.68. The Bertz CT molecular complexity index is 1320. The molecule has 1 saturated carbocycles. The molecule has 1 aliphatic rings. The zero-order valence-corrected chi connectivity index (χ0v) is 16.3. The van der Waals surface area contributed by atoms with E-state index >= 15 is 0 Å². The lowest BCUT2D eigenvalue weighted by Gasteiger charge is -2.11. The predicted molar refractivity (Wildman–Crippen MR) is 109 cm³/mol. The fourth-order valence-electron chi connectivity index (χ4n) is 3.04. The third-order valence-electron chi connectivity index (χ3n) is 4.78. The molecule has 1 aliphatic carbocycles. The normalized spacial score (nSPS) is 13.8. The topological polar surface area (TPSA) is 121 Å². The van der Waals surface area contributed by atoms with E-state index in [9.17, 15) is 18.0 Å².